The number of benzene rings is 1. The smallest absolute Gasteiger partial charge is 0.281 e. The zero-order chi connectivity index (χ0) is 19.6. The Morgan fingerprint density at radius 1 is 1.07 bits per heavy atom. The third kappa shape index (κ3) is 4.26. The standard InChI is InChI=1S/C18H14N2O6S/c1-9-7-11(16(21)22)3-5-13(9)14-6-4-12(26-14)8-15(17(23)24)27-18-20-19-10(2)25-18/h3-8H,1-2H3,(H,21,22)(H,23,24)/p-2/b15-8-. The number of aryl methyl sites for hydroxylation is 2. The predicted octanol–water partition coefficient (Wildman–Crippen LogP) is 1.19. The van der Waals surface area contributed by atoms with E-state index in [9.17, 15) is 19.8 Å². The maximum atomic E-state index is 11.4. The highest BCUT2D eigenvalue weighted by atomic mass is 32.2. The van der Waals surface area contributed by atoms with Crippen molar-refractivity contribution in [3.05, 3.63) is 58.0 Å². The van der Waals surface area contributed by atoms with Gasteiger partial charge < -0.3 is 28.6 Å². The number of thioether (sulfide) groups is 1. The van der Waals surface area contributed by atoms with Crippen LogP contribution in [0.25, 0.3) is 17.4 Å². The quantitative estimate of drug-likeness (QED) is 0.454. The zero-order valence-corrected chi connectivity index (χ0v) is 15.0. The number of nitrogens with zero attached hydrogens (tertiary/aromatic N) is 2. The minimum absolute atomic E-state index is 0.0633. The molecule has 138 valence electrons. The van der Waals surface area contributed by atoms with E-state index in [4.69, 9.17) is 8.83 Å². The highest BCUT2D eigenvalue weighted by Gasteiger charge is 2.12. The van der Waals surface area contributed by atoms with Gasteiger partial charge in [-0.2, -0.15) is 0 Å². The molecule has 0 amide bonds. The fourth-order valence-corrected chi connectivity index (χ4v) is 3.01. The van der Waals surface area contributed by atoms with Crippen LogP contribution >= 0.6 is 11.8 Å². The molecule has 8 nitrogen and oxygen atoms in total. The molecule has 9 heteroatoms. The number of hydrogen-bond donors (Lipinski definition) is 0. The third-order valence-electron chi connectivity index (χ3n) is 3.53. The topological polar surface area (TPSA) is 132 Å². The fourth-order valence-electron chi connectivity index (χ4n) is 2.32. The van der Waals surface area contributed by atoms with Crippen molar-refractivity contribution < 1.29 is 28.6 Å². The Bertz CT molecular complexity index is 1050. The Balaban J connectivity index is 1.88. The van der Waals surface area contributed by atoms with E-state index in [0.717, 1.165) is 11.8 Å². The van der Waals surface area contributed by atoms with Crippen LogP contribution in [-0.4, -0.2) is 22.1 Å². The number of hydrogen-bond acceptors (Lipinski definition) is 9. The van der Waals surface area contributed by atoms with Crippen LogP contribution in [0.3, 0.4) is 0 Å². The van der Waals surface area contributed by atoms with E-state index < -0.39 is 11.9 Å². The molecule has 0 fully saturated rings. The Labute approximate surface area is 157 Å². The molecular formula is C18H12N2O6S-2. The van der Waals surface area contributed by atoms with E-state index in [0.29, 0.717) is 22.8 Å². The van der Waals surface area contributed by atoms with Gasteiger partial charge in [-0.15, -0.1) is 10.2 Å². The van der Waals surface area contributed by atoms with Gasteiger partial charge >= 0.3 is 0 Å². The van der Waals surface area contributed by atoms with Crippen molar-refractivity contribution in [1.82, 2.24) is 10.2 Å². The first-order valence-electron chi connectivity index (χ1n) is 7.66. The second kappa shape index (κ2) is 7.50. The Morgan fingerprint density at radius 2 is 1.85 bits per heavy atom. The largest absolute Gasteiger partial charge is 0.545 e. The molecule has 2 heterocycles. The van der Waals surface area contributed by atoms with Gasteiger partial charge in [-0.1, -0.05) is 12.1 Å². The average Bonchev–Trinajstić information content (AvgIpc) is 3.23. The van der Waals surface area contributed by atoms with E-state index in [1.165, 1.54) is 18.2 Å². The van der Waals surface area contributed by atoms with E-state index in [2.05, 4.69) is 10.2 Å². The Hall–Kier alpha value is -3.33. The number of aromatic carboxylic acids is 1. The summed E-state index contributed by atoms with van der Waals surface area (Å²) >= 11 is 0.752. The number of carboxylic acid groups (broad SMARTS) is 2. The molecule has 0 saturated carbocycles. The summed E-state index contributed by atoms with van der Waals surface area (Å²) in [4.78, 5) is 22.1. The van der Waals surface area contributed by atoms with Crippen molar-refractivity contribution in [2.24, 2.45) is 0 Å². The molecule has 0 radical (unpaired) electrons. The number of carbonyl (C=O) groups excluding carboxylic acids is 2. The van der Waals surface area contributed by atoms with Crippen molar-refractivity contribution >= 4 is 29.8 Å². The summed E-state index contributed by atoms with van der Waals surface area (Å²) in [5.74, 6) is -1.63. The van der Waals surface area contributed by atoms with Crippen LogP contribution in [0.5, 0.6) is 0 Å². The molecule has 2 aromatic heterocycles. The molecule has 0 N–H and O–H groups in total. The predicted molar refractivity (Wildman–Crippen MR) is 91.1 cm³/mol. The SMILES string of the molecule is Cc1nnc(S/C(=C\c2ccc(-c3ccc(C(=O)[O-])cc3C)o2)C(=O)[O-])o1. The fraction of sp³-hybridized carbons (Fsp3) is 0.111. The molecule has 0 saturated heterocycles. The van der Waals surface area contributed by atoms with E-state index in [1.807, 2.05) is 0 Å². The van der Waals surface area contributed by atoms with Crippen LogP contribution in [-0.2, 0) is 4.79 Å². The van der Waals surface area contributed by atoms with Gasteiger partial charge in [0.05, 0.1) is 11.9 Å². The van der Waals surface area contributed by atoms with Gasteiger partial charge in [0, 0.05) is 17.4 Å². The molecule has 1 aromatic carbocycles. The lowest BCUT2D eigenvalue weighted by Crippen LogP contribution is -2.22. The zero-order valence-electron chi connectivity index (χ0n) is 14.2. The summed E-state index contributed by atoms with van der Waals surface area (Å²) in [5.41, 5.74) is 1.42. The first-order valence-corrected chi connectivity index (χ1v) is 8.48. The minimum atomic E-state index is -1.41. The highest BCUT2D eigenvalue weighted by molar-refractivity contribution is 8.03. The number of rotatable bonds is 6. The third-order valence-corrected chi connectivity index (χ3v) is 4.38. The van der Waals surface area contributed by atoms with Crippen molar-refractivity contribution in [1.29, 1.82) is 0 Å². The van der Waals surface area contributed by atoms with Crippen LogP contribution in [0, 0.1) is 13.8 Å². The number of aliphatic carboxylic acids is 1. The summed E-state index contributed by atoms with van der Waals surface area (Å²) in [6.07, 6.45) is 1.29. The number of carboxylic acids is 2. The van der Waals surface area contributed by atoms with Gasteiger partial charge in [-0.25, -0.2) is 0 Å². The van der Waals surface area contributed by atoms with Crippen LogP contribution in [0.4, 0.5) is 0 Å². The summed E-state index contributed by atoms with van der Waals surface area (Å²) in [7, 11) is 0. The van der Waals surface area contributed by atoms with Crippen molar-refractivity contribution in [2.45, 2.75) is 19.1 Å². The van der Waals surface area contributed by atoms with Gasteiger partial charge in [-0.3, -0.25) is 0 Å². The lowest BCUT2D eigenvalue weighted by molar-refractivity contribution is -0.298. The first-order chi connectivity index (χ1) is 12.8. The summed E-state index contributed by atoms with van der Waals surface area (Å²) in [6.45, 7) is 3.33. The van der Waals surface area contributed by atoms with Gasteiger partial charge in [-0.05, 0) is 54.1 Å². The molecule has 0 bridgehead atoms. The summed E-state index contributed by atoms with van der Waals surface area (Å²) in [6, 6.07) is 7.73. The maximum Gasteiger partial charge on any atom is 0.281 e. The van der Waals surface area contributed by atoms with E-state index in [1.54, 1.807) is 32.0 Å². The summed E-state index contributed by atoms with van der Waals surface area (Å²) in [5, 5.41) is 29.7. The monoisotopic (exact) mass is 384 g/mol. The van der Waals surface area contributed by atoms with Gasteiger partial charge in [0.2, 0.25) is 5.89 Å². The molecule has 0 aliphatic rings. The van der Waals surface area contributed by atoms with Crippen LogP contribution < -0.4 is 10.2 Å². The summed E-state index contributed by atoms with van der Waals surface area (Å²) < 4.78 is 10.8. The highest BCUT2D eigenvalue weighted by Crippen LogP contribution is 2.30. The van der Waals surface area contributed by atoms with E-state index >= 15 is 0 Å². The lowest BCUT2D eigenvalue weighted by Gasteiger charge is -2.07. The molecule has 0 spiro atoms. The van der Waals surface area contributed by atoms with Crippen LogP contribution in [0.2, 0.25) is 0 Å². The lowest BCUT2D eigenvalue weighted by atomic mass is 10.0. The van der Waals surface area contributed by atoms with Crippen LogP contribution in [0.15, 0.2) is 49.3 Å². The number of aromatic nitrogens is 2. The van der Waals surface area contributed by atoms with Gasteiger partial charge in [0.1, 0.15) is 11.5 Å². The molecule has 3 aromatic rings. The van der Waals surface area contributed by atoms with E-state index in [-0.39, 0.29) is 21.5 Å². The maximum absolute atomic E-state index is 11.4. The first kappa shape index (κ1) is 18.5. The molecule has 0 aliphatic heterocycles. The number of furan rings is 1. The second-order valence-corrected chi connectivity index (χ2v) is 6.50. The molecule has 3 rings (SSSR count). The molecule has 0 aliphatic carbocycles. The molecule has 0 atom stereocenters. The minimum Gasteiger partial charge on any atom is -0.545 e. The molecule has 0 unspecified atom stereocenters. The second-order valence-electron chi connectivity index (χ2n) is 5.50. The van der Waals surface area contributed by atoms with Crippen molar-refractivity contribution in [3.63, 3.8) is 0 Å². The van der Waals surface area contributed by atoms with Crippen LogP contribution in [0.1, 0.15) is 27.6 Å². The van der Waals surface area contributed by atoms with Gasteiger partial charge in [0.25, 0.3) is 5.22 Å². The average molecular weight is 384 g/mol. The normalized spacial score (nSPS) is 11.6. The number of carbonyl (C=O) groups is 2. The molecule has 27 heavy (non-hydrogen) atoms. The molecular weight excluding hydrogens is 372 g/mol. The Kier molecular flexibility index (Phi) is 5.13. The van der Waals surface area contributed by atoms with Gasteiger partial charge in [0.15, 0.2) is 0 Å². The van der Waals surface area contributed by atoms with Crippen molar-refractivity contribution in [2.75, 3.05) is 0 Å². The Morgan fingerprint density at radius 3 is 2.44 bits per heavy atom. The van der Waals surface area contributed by atoms with Crippen molar-refractivity contribution in [3.8, 4) is 11.3 Å².